The summed E-state index contributed by atoms with van der Waals surface area (Å²) in [6, 6.07) is 6.91. The molecule has 0 saturated carbocycles. The number of carbonyl (C=O) groups is 2. The van der Waals surface area contributed by atoms with Crippen LogP contribution in [-0.4, -0.2) is 47.8 Å². The van der Waals surface area contributed by atoms with Gasteiger partial charge in [0.15, 0.2) is 12.4 Å². The molecule has 0 aromatic carbocycles. The molecule has 1 aliphatic rings. The molecule has 3 heterocycles. The summed E-state index contributed by atoms with van der Waals surface area (Å²) >= 11 is 0. The van der Waals surface area contributed by atoms with Crippen LogP contribution in [0.5, 0.6) is 0 Å². The maximum atomic E-state index is 12.5. The highest BCUT2D eigenvalue weighted by Crippen LogP contribution is 2.10. The number of nitrogens with zero attached hydrogens (tertiary/aromatic N) is 4. The van der Waals surface area contributed by atoms with E-state index in [1.165, 1.54) is 9.35 Å². The van der Waals surface area contributed by atoms with E-state index in [2.05, 4.69) is 0 Å². The summed E-state index contributed by atoms with van der Waals surface area (Å²) in [5, 5.41) is 0. The summed E-state index contributed by atoms with van der Waals surface area (Å²) in [6.07, 6.45) is 6.50. The van der Waals surface area contributed by atoms with Crippen LogP contribution < -0.4 is 21.0 Å². The van der Waals surface area contributed by atoms with Gasteiger partial charge in [0.05, 0.1) is 0 Å². The Hall–Kier alpha value is -3.16. The van der Waals surface area contributed by atoms with Crippen molar-refractivity contribution >= 4 is 11.8 Å². The van der Waals surface area contributed by atoms with E-state index in [1.807, 2.05) is 0 Å². The van der Waals surface area contributed by atoms with Crippen molar-refractivity contribution in [1.82, 2.24) is 9.80 Å². The van der Waals surface area contributed by atoms with E-state index in [9.17, 15) is 9.59 Å². The Bertz CT molecular complexity index is 705. The molecule has 0 unspecified atom stereocenters. The molecule has 2 aromatic heterocycles. The topological polar surface area (TPSA) is 100 Å². The number of piperazine rings is 1. The Morgan fingerprint density at radius 3 is 1.50 bits per heavy atom. The lowest BCUT2D eigenvalue weighted by molar-refractivity contribution is -0.639. The van der Waals surface area contributed by atoms with Crippen LogP contribution in [0.3, 0.4) is 0 Å². The minimum absolute atomic E-state index is 0.0820. The first-order chi connectivity index (χ1) is 11.5. The number of pyridine rings is 2. The highest BCUT2D eigenvalue weighted by molar-refractivity contribution is 5.95. The lowest BCUT2D eigenvalue weighted by Gasteiger charge is -2.34. The van der Waals surface area contributed by atoms with Crippen LogP contribution in [0.1, 0.15) is 20.7 Å². The smallest absolute Gasteiger partial charge is 0.260 e. The molecule has 0 atom stereocenters. The number of aromatic nitrogens is 2. The number of hydrogen-bond acceptors (Lipinski definition) is 4. The molecular formula is C16H20N6O2+2. The molecule has 0 spiro atoms. The second kappa shape index (κ2) is 6.53. The fourth-order valence-electron chi connectivity index (χ4n) is 2.72. The van der Waals surface area contributed by atoms with Gasteiger partial charge in [-0.2, -0.15) is 0 Å². The number of hydrogen-bond donors (Lipinski definition) is 2. The van der Waals surface area contributed by atoms with Crippen LogP contribution in [0.25, 0.3) is 0 Å². The average Bonchev–Trinajstić information content (AvgIpc) is 2.60. The lowest BCUT2D eigenvalue weighted by atomic mass is 10.2. The Morgan fingerprint density at radius 2 is 1.17 bits per heavy atom. The van der Waals surface area contributed by atoms with Crippen molar-refractivity contribution < 1.29 is 18.9 Å². The van der Waals surface area contributed by atoms with Crippen molar-refractivity contribution in [1.29, 1.82) is 0 Å². The number of amides is 2. The van der Waals surface area contributed by atoms with E-state index < -0.39 is 0 Å². The van der Waals surface area contributed by atoms with E-state index in [0.29, 0.717) is 37.3 Å². The first-order valence-corrected chi connectivity index (χ1v) is 7.66. The number of nitrogens with two attached hydrogens (primary N) is 2. The highest BCUT2D eigenvalue weighted by atomic mass is 16.2. The second-order valence-electron chi connectivity index (χ2n) is 5.66. The molecule has 1 saturated heterocycles. The predicted molar refractivity (Wildman–Crippen MR) is 85.4 cm³/mol. The molecule has 0 radical (unpaired) electrons. The molecule has 124 valence electrons. The predicted octanol–water partition coefficient (Wildman–Crippen LogP) is -1.71. The molecule has 3 rings (SSSR count). The highest BCUT2D eigenvalue weighted by Gasteiger charge is 2.27. The third-order valence-corrected chi connectivity index (χ3v) is 3.99. The lowest BCUT2D eigenvalue weighted by Crippen LogP contribution is -2.52. The van der Waals surface area contributed by atoms with Gasteiger partial charge in [0.25, 0.3) is 11.8 Å². The minimum atomic E-state index is -0.0820. The van der Waals surface area contributed by atoms with Crippen LogP contribution in [0.2, 0.25) is 0 Å². The van der Waals surface area contributed by atoms with Crippen molar-refractivity contribution in [3.05, 3.63) is 60.2 Å². The summed E-state index contributed by atoms with van der Waals surface area (Å²) in [6.45, 7) is 1.94. The quantitative estimate of drug-likeness (QED) is 0.506. The molecule has 1 fully saturated rings. The van der Waals surface area contributed by atoms with Gasteiger partial charge in [-0.25, -0.2) is 11.7 Å². The molecule has 1 aliphatic heterocycles. The van der Waals surface area contributed by atoms with Gasteiger partial charge in [0.2, 0.25) is 12.4 Å². The Balaban J connectivity index is 1.63. The molecule has 2 aromatic rings. The zero-order chi connectivity index (χ0) is 17.1. The van der Waals surface area contributed by atoms with Gasteiger partial charge in [0, 0.05) is 38.3 Å². The van der Waals surface area contributed by atoms with E-state index >= 15 is 0 Å². The number of rotatable bonds is 2. The second-order valence-corrected chi connectivity index (χ2v) is 5.66. The molecule has 4 N–H and O–H groups in total. The van der Waals surface area contributed by atoms with Gasteiger partial charge in [-0.05, 0) is 12.1 Å². The van der Waals surface area contributed by atoms with Crippen molar-refractivity contribution in [2.45, 2.75) is 0 Å². The Morgan fingerprint density at radius 1 is 0.792 bits per heavy atom. The van der Waals surface area contributed by atoms with Crippen LogP contribution in [-0.2, 0) is 0 Å². The normalized spacial score (nSPS) is 14.5. The molecule has 2 amide bonds. The maximum absolute atomic E-state index is 12.5. The van der Waals surface area contributed by atoms with Crippen molar-refractivity contribution in [2.24, 2.45) is 0 Å². The van der Waals surface area contributed by atoms with Crippen molar-refractivity contribution in [3.8, 4) is 0 Å². The first-order valence-electron chi connectivity index (χ1n) is 7.66. The summed E-state index contributed by atoms with van der Waals surface area (Å²) < 4.78 is 2.70. The van der Waals surface area contributed by atoms with Crippen LogP contribution in [0.4, 0.5) is 0 Å². The van der Waals surface area contributed by atoms with E-state index in [4.69, 9.17) is 11.7 Å². The molecular weight excluding hydrogens is 308 g/mol. The van der Waals surface area contributed by atoms with Crippen LogP contribution in [0.15, 0.2) is 49.1 Å². The monoisotopic (exact) mass is 328 g/mol. The van der Waals surface area contributed by atoms with E-state index in [0.717, 1.165) is 0 Å². The minimum Gasteiger partial charge on any atom is -0.335 e. The number of carbonyl (C=O) groups excluding carboxylic acids is 2. The Kier molecular flexibility index (Phi) is 4.28. The average molecular weight is 328 g/mol. The van der Waals surface area contributed by atoms with E-state index in [-0.39, 0.29) is 11.8 Å². The van der Waals surface area contributed by atoms with Gasteiger partial charge < -0.3 is 9.80 Å². The zero-order valence-corrected chi connectivity index (χ0v) is 13.2. The van der Waals surface area contributed by atoms with Gasteiger partial charge in [-0.15, -0.1) is 0 Å². The Labute approximate surface area is 139 Å². The third-order valence-electron chi connectivity index (χ3n) is 3.99. The van der Waals surface area contributed by atoms with Crippen LogP contribution in [0, 0.1) is 0 Å². The molecule has 8 nitrogen and oxygen atoms in total. The SMILES string of the molecule is N[n+]1cccc(C(=O)N2CCN(C(=O)c3ccc[n+](N)c3)CC2)c1. The fraction of sp³-hybridized carbons (Fsp3) is 0.250. The van der Waals surface area contributed by atoms with Crippen molar-refractivity contribution in [3.63, 3.8) is 0 Å². The van der Waals surface area contributed by atoms with Gasteiger partial charge in [-0.1, -0.05) is 9.35 Å². The van der Waals surface area contributed by atoms with Gasteiger partial charge in [0.1, 0.15) is 11.1 Å². The molecule has 24 heavy (non-hydrogen) atoms. The molecule has 8 heteroatoms. The summed E-state index contributed by atoms with van der Waals surface area (Å²) in [4.78, 5) is 28.4. The van der Waals surface area contributed by atoms with E-state index in [1.54, 1.807) is 58.9 Å². The van der Waals surface area contributed by atoms with Gasteiger partial charge >= 0.3 is 0 Å². The largest absolute Gasteiger partial charge is 0.335 e. The molecule has 0 aliphatic carbocycles. The van der Waals surface area contributed by atoms with Gasteiger partial charge in [-0.3, -0.25) is 9.59 Å². The maximum Gasteiger partial charge on any atom is 0.260 e. The first kappa shape index (κ1) is 15.7. The summed E-state index contributed by atoms with van der Waals surface area (Å²) in [7, 11) is 0. The molecule has 0 bridgehead atoms. The standard InChI is InChI=1S/C16H20N6O2/c17-21-5-1-3-13(11-21)15(23)19-7-9-20(10-8-19)16(24)14-4-2-6-22(18)12-14/h1-6,11-12H,7-10,17-18H2/q+2. The number of nitrogen functional groups attached to an aromatic ring is 2. The zero-order valence-electron chi connectivity index (χ0n) is 13.2. The van der Waals surface area contributed by atoms with Crippen molar-refractivity contribution in [2.75, 3.05) is 37.9 Å². The summed E-state index contributed by atoms with van der Waals surface area (Å²) in [5.74, 6) is 11.1. The fourth-order valence-corrected chi connectivity index (χ4v) is 2.72. The summed E-state index contributed by atoms with van der Waals surface area (Å²) in [5.41, 5.74) is 1.07. The van der Waals surface area contributed by atoms with Crippen LogP contribution >= 0.6 is 0 Å². The third kappa shape index (κ3) is 3.27.